The third-order valence-corrected chi connectivity index (χ3v) is 4.63. The minimum Gasteiger partial charge on any atom is -0.340 e. The van der Waals surface area contributed by atoms with Gasteiger partial charge >= 0.3 is 6.18 Å². The number of carbonyl (C=O) groups excluding carboxylic acids is 1. The molecule has 2 heterocycles. The van der Waals surface area contributed by atoms with Crippen LogP contribution in [0.4, 0.5) is 30.4 Å². The lowest BCUT2D eigenvalue weighted by molar-refractivity contribution is -0.137. The Labute approximate surface area is 176 Å². The third kappa shape index (κ3) is 4.63. The maximum absolute atomic E-state index is 12.9. The van der Waals surface area contributed by atoms with Crippen LogP contribution >= 0.6 is 0 Å². The minimum atomic E-state index is -4.42. The fraction of sp³-hybridized carbons (Fsp3) is 0.0870. The van der Waals surface area contributed by atoms with Crippen molar-refractivity contribution in [3.63, 3.8) is 0 Å². The second kappa shape index (κ2) is 8.06. The molecular formula is C23H17F3N4O. The number of carbonyl (C=O) groups is 1. The lowest BCUT2D eigenvalue weighted by Gasteiger charge is -2.12. The monoisotopic (exact) mass is 422 g/mol. The second-order valence-electron chi connectivity index (χ2n) is 6.93. The number of anilines is 3. The molecule has 31 heavy (non-hydrogen) atoms. The summed E-state index contributed by atoms with van der Waals surface area (Å²) in [7, 11) is 0. The predicted octanol–water partition coefficient (Wildman–Crippen LogP) is 5.95. The van der Waals surface area contributed by atoms with Crippen molar-refractivity contribution < 1.29 is 18.0 Å². The van der Waals surface area contributed by atoms with Crippen LogP contribution in [0.1, 0.15) is 21.6 Å². The number of hydrogen-bond donors (Lipinski definition) is 2. The predicted molar refractivity (Wildman–Crippen MR) is 113 cm³/mol. The fourth-order valence-electron chi connectivity index (χ4n) is 3.15. The first-order valence-electron chi connectivity index (χ1n) is 9.38. The van der Waals surface area contributed by atoms with Gasteiger partial charge in [0.15, 0.2) is 0 Å². The molecule has 0 aliphatic heterocycles. The zero-order valence-electron chi connectivity index (χ0n) is 16.4. The maximum atomic E-state index is 12.9. The van der Waals surface area contributed by atoms with E-state index in [1.54, 1.807) is 54.7 Å². The Kier molecular flexibility index (Phi) is 5.29. The largest absolute Gasteiger partial charge is 0.416 e. The number of fused-ring (bicyclic) bond motifs is 1. The van der Waals surface area contributed by atoms with E-state index in [0.29, 0.717) is 28.4 Å². The Morgan fingerprint density at radius 1 is 0.935 bits per heavy atom. The van der Waals surface area contributed by atoms with Crippen LogP contribution in [0.5, 0.6) is 0 Å². The summed E-state index contributed by atoms with van der Waals surface area (Å²) in [5, 5.41) is 6.54. The average Bonchev–Trinajstić information content (AvgIpc) is 2.74. The van der Waals surface area contributed by atoms with Crippen molar-refractivity contribution in [1.82, 2.24) is 9.97 Å². The first-order chi connectivity index (χ1) is 14.8. The van der Waals surface area contributed by atoms with Gasteiger partial charge < -0.3 is 10.6 Å². The van der Waals surface area contributed by atoms with Gasteiger partial charge in [0.2, 0.25) is 0 Å². The number of halogens is 3. The molecule has 0 atom stereocenters. The molecule has 0 radical (unpaired) electrons. The summed E-state index contributed by atoms with van der Waals surface area (Å²) in [5.74, 6) is 0.1000. The lowest BCUT2D eigenvalue weighted by Crippen LogP contribution is -2.13. The van der Waals surface area contributed by atoms with Crippen LogP contribution in [-0.4, -0.2) is 15.9 Å². The second-order valence-corrected chi connectivity index (χ2v) is 6.93. The topological polar surface area (TPSA) is 66.9 Å². The van der Waals surface area contributed by atoms with Crippen molar-refractivity contribution >= 4 is 34.0 Å². The van der Waals surface area contributed by atoms with E-state index >= 15 is 0 Å². The van der Waals surface area contributed by atoms with E-state index in [2.05, 4.69) is 20.6 Å². The summed E-state index contributed by atoms with van der Waals surface area (Å²) in [6.07, 6.45) is -2.87. The first-order valence-corrected chi connectivity index (χ1v) is 9.38. The molecule has 2 N–H and O–H groups in total. The maximum Gasteiger partial charge on any atom is 0.416 e. The van der Waals surface area contributed by atoms with Gasteiger partial charge in [0.1, 0.15) is 11.5 Å². The molecule has 0 saturated carbocycles. The molecule has 8 heteroatoms. The Bertz CT molecular complexity index is 1260. The van der Waals surface area contributed by atoms with Crippen LogP contribution < -0.4 is 10.6 Å². The van der Waals surface area contributed by atoms with Crippen molar-refractivity contribution in [2.75, 3.05) is 10.6 Å². The number of nitrogens with one attached hydrogen (secondary N) is 2. The van der Waals surface area contributed by atoms with E-state index in [1.165, 1.54) is 6.07 Å². The minimum absolute atomic E-state index is 0.292. The molecular weight excluding hydrogens is 405 g/mol. The molecule has 4 aromatic rings. The molecule has 4 rings (SSSR count). The molecule has 1 amide bonds. The van der Waals surface area contributed by atoms with Gasteiger partial charge in [-0.3, -0.25) is 9.78 Å². The summed E-state index contributed by atoms with van der Waals surface area (Å²) in [5.41, 5.74) is 1.95. The molecule has 0 aliphatic rings. The molecule has 0 spiro atoms. The van der Waals surface area contributed by atoms with E-state index in [4.69, 9.17) is 0 Å². The summed E-state index contributed by atoms with van der Waals surface area (Å²) in [6, 6.07) is 17.0. The molecule has 0 aliphatic carbocycles. The smallest absolute Gasteiger partial charge is 0.340 e. The number of aryl methyl sites for hydroxylation is 1. The molecule has 2 aromatic heterocycles. The van der Waals surface area contributed by atoms with E-state index < -0.39 is 11.7 Å². The highest BCUT2D eigenvalue weighted by Crippen LogP contribution is 2.32. The Balaban J connectivity index is 1.58. The Morgan fingerprint density at radius 3 is 2.52 bits per heavy atom. The highest BCUT2D eigenvalue weighted by Gasteiger charge is 2.30. The van der Waals surface area contributed by atoms with Gasteiger partial charge in [-0.05, 0) is 67.1 Å². The van der Waals surface area contributed by atoms with Crippen molar-refractivity contribution in [2.24, 2.45) is 0 Å². The SMILES string of the molecule is Cc1cc(Nc2cccc(C(F)(F)F)c2)nc2ccc(NC(=O)c3ccccn3)cc12. The molecule has 156 valence electrons. The number of amides is 1. The Morgan fingerprint density at radius 2 is 1.77 bits per heavy atom. The zero-order valence-corrected chi connectivity index (χ0v) is 16.4. The highest BCUT2D eigenvalue weighted by molar-refractivity contribution is 6.04. The Hall–Kier alpha value is -3.94. The molecule has 0 bridgehead atoms. The van der Waals surface area contributed by atoms with E-state index in [-0.39, 0.29) is 5.91 Å². The number of aromatic nitrogens is 2. The fourth-order valence-corrected chi connectivity index (χ4v) is 3.15. The van der Waals surface area contributed by atoms with E-state index in [1.807, 2.05) is 6.92 Å². The number of pyridine rings is 2. The van der Waals surface area contributed by atoms with Gasteiger partial charge in [0, 0.05) is 23.0 Å². The summed E-state index contributed by atoms with van der Waals surface area (Å²) in [6.45, 7) is 1.87. The van der Waals surface area contributed by atoms with Gasteiger partial charge in [0.05, 0.1) is 11.1 Å². The van der Waals surface area contributed by atoms with Crippen molar-refractivity contribution in [1.29, 1.82) is 0 Å². The standard InChI is InChI=1S/C23H17F3N4O/c1-14-11-21(28-16-6-4-5-15(12-16)23(24,25)26)30-19-9-8-17(13-18(14)19)29-22(31)20-7-2-3-10-27-20/h2-13H,1H3,(H,28,30)(H,29,31). The molecule has 5 nitrogen and oxygen atoms in total. The van der Waals surface area contributed by atoms with Crippen LogP contribution in [0.15, 0.2) is 72.9 Å². The van der Waals surface area contributed by atoms with Gasteiger partial charge in [0.25, 0.3) is 5.91 Å². The molecule has 0 saturated heterocycles. The molecule has 2 aromatic carbocycles. The summed E-state index contributed by atoms with van der Waals surface area (Å²) in [4.78, 5) is 20.8. The van der Waals surface area contributed by atoms with Crippen LogP contribution in [0.2, 0.25) is 0 Å². The van der Waals surface area contributed by atoms with E-state index in [0.717, 1.165) is 23.1 Å². The third-order valence-electron chi connectivity index (χ3n) is 4.63. The number of hydrogen-bond acceptors (Lipinski definition) is 4. The van der Waals surface area contributed by atoms with Gasteiger partial charge in [-0.15, -0.1) is 0 Å². The highest BCUT2D eigenvalue weighted by atomic mass is 19.4. The molecule has 0 unspecified atom stereocenters. The first kappa shape index (κ1) is 20.3. The van der Waals surface area contributed by atoms with Gasteiger partial charge in [-0.2, -0.15) is 13.2 Å². The van der Waals surface area contributed by atoms with Gasteiger partial charge in [-0.1, -0.05) is 12.1 Å². The lowest BCUT2D eigenvalue weighted by atomic mass is 10.1. The van der Waals surface area contributed by atoms with Crippen LogP contribution in [0, 0.1) is 6.92 Å². The quantitative estimate of drug-likeness (QED) is 0.426. The van der Waals surface area contributed by atoms with Crippen LogP contribution in [0.3, 0.4) is 0 Å². The summed E-state index contributed by atoms with van der Waals surface area (Å²) >= 11 is 0. The summed E-state index contributed by atoms with van der Waals surface area (Å²) < 4.78 is 38.8. The van der Waals surface area contributed by atoms with Crippen molar-refractivity contribution in [2.45, 2.75) is 13.1 Å². The number of nitrogens with zero attached hydrogens (tertiary/aromatic N) is 2. The number of rotatable bonds is 4. The average molecular weight is 422 g/mol. The van der Waals surface area contributed by atoms with Crippen LogP contribution in [-0.2, 0) is 6.18 Å². The zero-order chi connectivity index (χ0) is 22.0. The normalized spacial score (nSPS) is 11.4. The number of alkyl halides is 3. The van der Waals surface area contributed by atoms with E-state index in [9.17, 15) is 18.0 Å². The van der Waals surface area contributed by atoms with Crippen molar-refractivity contribution in [3.05, 3.63) is 89.7 Å². The molecule has 0 fully saturated rings. The van der Waals surface area contributed by atoms with Gasteiger partial charge in [-0.25, -0.2) is 4.98 Å². The van der Waals surface area contributed by atoms with Crippen LogP contribution in [0.25, 0.3) is 10.9 Å². The van der Waals surface area contributed by atoms with Crippen molar-refractivity contribution in [3.8, 4) is 0 Å². The number of benzene rings is 2.